The summed E-state index contributed by atoms with van der Waals surface area (Å²) in [5, 5.41) is 2.81. The average molecular weight is 418 g/mol. The number of H-pyrrole nitrogens is 1. The van der Waals surface area contributed by atoms with Crippen molar-refractivity contribution in [2.45, 2.75) is 77.5 Å². The van der Waals surface area contributed by atoms with Crippen LogP contribution in [0.5, 0.6) is 0 Å². The lowest BCUT2D eigenvalue weighted by atomic mass is 9.90. The quantitative estimate of drug-likeness (QED) is 0.752. The molecule has 0 aromatic carbocycles. The second-order valence-corrected chi connectivity index (χ2v) is 9.63. The Hall–Kier alpha value is -2.84. The summed E-state index contributed by atoms with van der Waals surface area (Å²) in [5.74, 6) is -0.648. The summed E-state index contributed by atoms with van der Waals surface area (Å²) in [6, 6.07) is 2.44. The number of amides is 1. The number of hydrogen-bond donors (Lipinski definition) is 1. The maximum absolute atomic E-state index is 12.9. The van der Waals surface area contributed by atoms with Gasteiger partial charge in [-0.25, -0.2) is 19.1 Å². The Morgan fingerprint density at radius 1 is 1.10 bits per heavy atom. The maximum Gasteiger partial charge on any atom is 0.411 e. The minimum atomic E-state index is -0.743. The third kappa shape index (κ3) is 5.01. The summed E-state index contributed by atoms with van der Waals surface area (Å²) in [7, 11) is 0. The number of aromatic nitrogens is 3. The molecule has 0 bridgehead atoms. The monoisotopic (exact) mass is 418 g/mol. The molecule has 0 spiro atoms. The first-order chi connectivity index (χ1) is 13.8. The highest BCUT2D eigenvalue weighted by atomic mass is 16.6. The van der Waals surface area contributed by atoms with Crippen LogP contribution in [0.4, 0.5) is 4.79 Å². The number of piperidine rings is 1. The lowest BCUT2D eigenvalue weighted by molar-refractivity contribution is -0.162. The predicted molar refractivity (Wildman–Crippen MR) is 110 cm³/mol. The lowest BCUT2D eigenvalue weighted by Crippen LogP contribution is -2.53. The largest absolute Gasteiger partial charge is 0.458 e. The zero-order valence-corrected chi connectivity index (χ0v) is 18.4. The first-order valence-corrected chi connectivity index (χ1v) is 10.1. The summed E-state index contributed by atoms with van der Waals surface area (Å²) < 4.78 is 12.4. The summed E-state index contributed by atoms with van der Waals surface area (Å²) in [4.78, 5) is 44.0. The van der Waals surface area contributed by atoms with Crippen LogP contribution in [0.15, 0.2) is 23.1 Å². The Morgan fingerprint density at radius 2 is 1.77 bits per heavy atom. The third-order valence-corrected chi connectivity index (χ3v) is 4.71. The highest BCUT2D eigenvalue weighted by Gasteiger charge is 2.41. The molecule has 2 atom stereocenters. The second-order valence-electron chi connectivity index (χ2n) is 9.63. The number of carbonyl (C=O) groups excluding carboxylic acids is 2. The van der Waals surface area contributed by atoms with Gasteiger partial charge >= 0.3 is 12.1 Å². The number of carbonyl (C=O) groups is 2. The van der Waals surface area contributed by atoms with E-state index in [-0.39, 0.29) is 18.0 Å². The Bertz CT molecular complexity index is 995. The van der Waals surface area contributed by atoms with E-state index in [4.69, 9.17) is 9.47 Å². The molecule has 1 N–H and O–H groups in total. The molecule has 2 aromatic rings. The number of esters is 1. The topological polar surface area (TPSA) is 106 Å². The van der Waals surface area contributed by atoms with Crippen molar-refractivity contribution in [2.75, 3.05) is 6.54 Å². The molecule has 1 aliphatic heterocycles. The second kappa shape index (κ2) is 7.77. The zero-order valence-electron chi connectivity index (χ0n) is 18.4. The van der Waals surface area contributed by atoms with Crippen LogP contribution in [0.3, 0.4) is 0 Å². The van der Waals surface area contributed by atoms with Gasteiger partial charge in [0.15, 0.2) is 5.65 Å². The Kier molecular flexibility index (Phi) is 5.66. The molecule has 2 aromatic heterocycles. The Morgan fingerprint density at radius 3 is 2.40 bits per heavy atom. The highest BCUT2D eigenvalue weighted by Crippen LogP contribution is 2.31. The van der Waals surface area contributed by atoms with Gasteiger partial charge in [-0.3, -0.25) is 14.8 Å². The predicted octanol–water partition coefficient (Wildman–Crippen LogP) is 2.85. The van der Waals surface area contributed by atoms with Crippen molar-refractivity contribution in [3.63, 3.8) is 0 Å². The Labute approximate surface area is 175 Å². The molecule has 30 heavy (non-hydrogen) atoms. The minimum absolute atomic E-state index is 0.191. The Balaban J connectivity index is 1.89. The van der Waals surface area contributed by atoms with Crippen LogP contribution in [-0.2, 0) is 14.3 Å². The average Bonchev–Trinajstić information content (AvgIpc) is 3.07. The van der Waals surface area contributed by atoms with Crippen molar-refractivity contribution >= 4 is 17.7 Å². The number of fused-ring (bicyclic) bond motifs is 1. The molecular weight excluding hydrogens is 388 g/mol. The van der Waals surface area contributed by atoms with E-state index in [1.807, 2.05) is 0 Å². The zero-order chi connectivity index (χ0) is 22.3. The van der Waals surface area contributed by atoms with Gasteiger partial charge in [-0.05, 0) is 54.4 Å². The van der Waals surface area contributed by atoms with Crippen molar-refractivity contribution in [3.8, 4) is 0 Å². The van der Waals surface area contributed by atoms with Gasteiger partial charge in [-0.2, -0.15) is 0 Å². The van der Waals surface area contributed by atoms with Crippen molar-refractivity contribution in [3.05, 3.63) is 34.4 Å². The van der Waals surface area contributed by atoms with Crippen LogP contribution in [-0.4, -0.2) is 55.3 Å². The van der Waals surface area contributed by atoms with Crippen molar-refractivity contribution in [1.29, 1.82) is 0 Å². The van der Waals surface area contributed by atoms with E-state index in [2.05, 4.69) is 10.1 Å². The normalized spacial score (nSPS) is 20.3. The van der Waals surface area contributed by atoms with Crippen molar-refractivity contribution in [1.82, 2.24) is 19.5 Å². The van der Waals surface area contributed by atoms with Crippen LogP contribution >= 0.6 is 0 Å². The summed E-state index contributed by atoms with van der Waals surface area (Å²) in [5.41, 5.74) is -0.489. The van der Waals surface area contributed by atoms with Crippen molar-refractivity contribution < 1.29 is 19.1 Å². The van der Waals surface area contributed by atoms with Crippen LogP contribution < -0.4 is 5.56 Å². The number of hydrogen-bond acceptors (Lipinski definition) is 6. The van der Waals surface area contributed by atoms with E-state index in [1.54, 1.807) is 53.8 Å². The fourth-order valence-corrected chi connectivity index (χ4v) is 3.51. The molecule has 0 saturated carbocycles. The van der Waals surface area contributed by atoms with Gasteiger partial charge in [-0.15, -0.1) is 0 Å². The molecule has 1 fully saturated rings. The number of aromatic amines is 1. The molecule has 1 saturated heterocycles. The smallest absolute Gasteiger partial charge is 0.411 e. The van der Waals surface area contributed by atoms with Gasteiger partial charge in [0.25, 0.3) is 5.56 Å². The minimum Gasteiger partial charge on any atom is -0.458 e. The van der Waals surface area contributed by atoms with Crippen LogP contribution in [0, 0.1) is 0 Å². The van der Waals surface area contributed by atoms with Gasteiger partial charge < -0.3 is 9.47 Å². The molecule has 0 radical (unpaired) electrons. The molecule has 1 aliphatic rings. The fraction of sp³-hybridized carbons (Fsp3) is 0.619. The van der Waals surface area contributed by atoms with E-state index in [0.717, 1.165) is 0 Å². The van der Waals surface area contributed by atoms with Crippen LogP contribution in [0.1, 0.15) is 66.0 Å². The van der Waals surface area contributed by atoms with Gasteiger partial charge in [0.05, 0.1) is 5.69 Å². The molecule has 9 nitrogen and oxygen atoms in total. The number of rotatable bonds is 2. The SMILES string of the molecule is CC(C)(C)OC(=O)[C@@H]1CC[C@H](c2cc(=O)n3[nH]ccc3n2)CN1C(=O)OC(C)(C)C. The van der Waals surface area contributed by atoms with Crippen LogP contribution in [0.25, 0.3) is 5.65 Å². The number of likely N-dealkylation sites (tertiary alicyclic amines) is 1. The molecule has 3 rings (SSSR count). The van der Waals surface area contributed by atoms with E-state index in [0.29, 0.717) is 24.2 Å². The molecule has 9 heteroatoms. The van der Waals surface area contributed by atoms with Gasteiger partial charge in [0.2, 0.25) is 0 Å². The molecule has 0 unspecified atom stereocenters. The van der Waals surface area contributed by atoms with Gasteiger partial charge in [0.1, 0.15) is 17.2 Å². The van der Waals surface area contributed by atoms with E-state index in [1.165, 1.54) is 15.5 Å². The van der Waals surface area contributed by atoms with Gasteiger partial charge in [-0.1, -0.05) is 0 Å². The maximum atomic E-state index is 12.9. The molecule has 0 aliphatic carbocycles. The molecule has 164 valence electrons. The van der Waals surface area contributed by atoms with Gasteiger partial charge in [0, 0.05) is 30.8 Å². The first kappa shape index (κ1) is 21.9. The standard InChI is InChI=1S/C21H30N4O5/c1-20(2,3)29-18(27)15-8-7-13(12-24(15)19(28)30-21(4,5)6)14-11-17(26)25-16(23-14)9-10-22-25/h9-11,13,15,22H,7-8,12H2,1-6H3/t13-,15-/m0/s1. The third-order valence-electron chi connectivity index (χ3n) is 4.71. The summed E-state index contributed by atoms with van der Waals surface area (Å²) in [6.45, 7) is 10.9. The van der Waals surface area contributed by atoms with Crippen LogP contribution in [0.2, 0.25) is 0 Å². The molecular formula is C21H30N4O5. The van der Waals surface area contributed by atoms with E-state index in [9.17, 15) is 14.4 Å². The number of ether oxygens (including phenoxy) is 2. The lowest BCUT2D eigenvalue weighted by Gasteiger charge is -2.39. The first-order valence-electron chi connectivity index (χ1n) is 10.1. The van der Waals surface area contributed by atoms with E-state index >= 15 is 0 Å². The van der Waals surface area contributed by atoms with Crippen molar-refractivity contribution in [2.24, 2.45) is 0 Å². The highest BCUT2D eigenvalue weighted by molar-refractivity contribution is 5.82. The van der Waals surface area contributed by atoms with E-state index < -0.39 is 29.3 Å². The summed E-state index contributed by atoms with van der Waals surface area (Å²) >= 11 is 0. The summed E-state index contributed by atoms with van der Waals surface area (Å²) in [6.07, 6.45) is 2.05. The molecule has 1 amide bonds. The fourth-order valence-electron chi connectivity index (χ4n) is 3.51. The number of nitrogens with zero attached hydrogens (tertiary/aromatic N) is 3. The molecule has 3 heterocycles. The number of nitrogens with one attached hydrogen (secondary N) is 1.